The fraction of sp³-hybridized carbons (Fsp3) is 0.353. The molecule has 1 aromatic carbocycles. The van der Waals surface area contributed by atoms with Gasteiger partial charge in [-0.25, -0.2) is 4.98 Å². The Bertz CT molecular complexity index is 618. The second-order valence-electron chi connectivity index (χ2n) is 5.16. The number of hydrogen-bond acceptors (Lipinski definition) is 5. The summed E-state index contributed by atoms with van der Waals surface area (Å²) in [5, 5.41) is 19.9. The number of aryl methyl sites for hydroxylation is 1. The van der Waals surface area contributed by atoms with Gasteiger partial charge in [0, 0.05) is 0 Å². The summed E-state index contributed by atoms with van der Waals surface area (Å²) in [6, 6.07) is 10.6. The zero-order valence-electron chi connectivity index (χ0n) is 12.9. The number of nitrogens with zero attached hydrogens (tertiary/aromatic N) is 1. The van der Waals surface area contributed by atoms with E-state index >= 15 is 0 Å². The van der Waals surface area contributed by atoms with Crippen LogP contribution in [-0.4, -0.2) is 35.0 Å². The molecule has 6 heteroatoms. The van der Waals surface area contributed by atoms with E-state index in [1.807, 2.05) is 24.3 Å². The van der Waals surface area contributed by atoms with Gasteiger partial charge < -0.3 is 19.7 Å². The number of aromatic hydroxyl groups is 1. The normalized spacial score (nSPS) is 12.1. The van der Waals surface area contributed by atoms with Gasteiger partial charge in [-0.05, 0) is 42.7 Å². The molecule has 1 aromatic heterocycles. The highest BCUT2D eigenvalue weighted by Crippen LogP contribution is 2.19. The molecule has 0 bridgehead atoms. The van der Waals surface area contributed by atoms with Crippen molar-refractivity contribution in [3.05, 3.63) is 52.8 Å². The minimum absolute atomic E-state index is 0.0840. The summed E-state index contributed by atoms with van der Waals surface area (Å²) in [4.78, 5) is 4.04. The summed E-state index contributed by atoms with van der Waals surface area (Å²) in [6.07, 6.45) is 0.233. The first-order chi connectivity index (χ1) is 11.1. The Morgan fingerprint density at radius 3 is 2.61 bits per heavy atom. The molecular weight excluding hydrogens is 318 g/mol. The van der Waals surface area contributed by atoms with Crippen molar-refractivity contribution >= 4 is 11.6 Å². The van der Waals surface area contributed by atoms with Crippen molar-refractivity contribution in [2.24, 2.45) is 0 Å². The van der Waals surface area contributed by atoms with E-state index in [1.165, 1.54) is 12.1 Å². The third kappa shape index (κ3) is 5.71. The number of ether oxygens (including phenoxy) is 2. The van der Waals surface area contributed by atoms with Crippen molar-refractivity contribution in [2.75, 3.05) is 13.7 Å². The van der Waals surface area contributed by atoms with Crippen molar-refractivity contribution < 1.29 is 19.7 Å². The third-order valence-electron chi connectivity index (χ3n) is 3.37. The zero-order valence-corrected chi connectivity index (χ0v) is 13.7. The number of hydrogen-bond donors (Lipinski definition) is 2. The molecule has 0 saturated heterocycles. The topological polar surface area (TPSA) is 71.8 Å². The van der Waals surface area contributed by atoms with Gasteiger partial charge in [0.2, 0.25) is 0 Å². The predicted octanol–water partition coefficient (Wildman–Crippen LogP) is 2.96. The van der Waals surface area contributed by atoms with Crippen LogP contribution in [0.15, 0.2) is 36.4 Å². The largest absolute Gasteiger partial charge is 0.506 e. The second kappa shape index (κ2) is 8.72. The van der Waals surface area contributed by atoms with Crippen LogP contribution in [0.5, 0.6) is 11.5 Å². The van der Waals surface area contributed by atoms with Gasteiger partial charge >= 0.3 is 0 Å². The Balaban J connectivity index is 1.72. The fourth-order valence-electron chi connectivity index (χ4n) is 2.07. The lowest BCUT2D eigenvalue weighted by molar-refractivity contribution is 0.0245. The average molecular weight is 338 g/mol. The number of aliphatic hydroxyl groups is 1. The summed E-state index contributed by atoms with van der Waals surface area (Å²) >= 11 is 5.79. The number of aromatic nitrogens is 1. The van der Waals surface area contributed by atoms with E-state index in [0.717, 1.165) is 11.3 Å². The molecule has 2 rings (SSSR count). The minimum atomic E-state index is -0.631. The van der Waals surface area contributed by atoms with Crippen LogP contribution in [0.4, 0.5) is 0 Å². The summed E-state index contributed by atoms with van der Waals surface area (Å²) in [5.41, 5.74) is 1.49. The molecule has 0 saturated carbocycles. The number of rotatable bonds is 8. The summed E-state index contributed by atoms with van der Waals surface area (Å²) in [6.45, 7) is 0.634. The monoisotopic (exact) mass is 337 g/mol. The number of pyridine rings is 1. The van der Waals surface area contributed by atoms with Gasteiger partial charge in [-0.15, -0.1) is 0 Å². The first kappa shape index (κ1) is 17.5. The van der Waals surface area contributed by atoms with Crippen molar-refractivity contribution in [1.29, 1.82) is 0 Å². The molecule has 0 aliphatic heterocycles. The lowest BCUT2D eigenvalue weighted by Gasteiger charge is -2.12. The van der Waals surface area contributed by atoms with Crippen LogP contribution in [0.25, 0.3) is 0 Å². The fourth-order valence-corrected chi connectivity index (χ4v) is 2.24. The highest BCUT2D eigenvalue weighted by molar-refractivity contribution is 6.29. The number of benzene rings is 1. The van der Waals surface area contributed by atoms with Crippen LogP contribution >= 0.6 is 11.6 Å². The van der Waals surface area contributed by atoms with Gasteiger partial charge in [-0.3, -0.25) is 0 Å². The van der Waals surface area contributed by atoms with Crippen LogP contribution in [0.1, 0.15) is 17.7 Å². The van der Waals surface area contributed by atoms with E-state index in [-0.39, 0.29) is 12.4 Å². The first-order valence-corrected chi connectivity index (χ1v) is 7.69. The quantitative estimate of drug-likeness (QED) is 0.725. The van der Waals surface area contributed by atoms with E-state index in [9.17, 15) is 10.2 Å². The highest BCUT2D eigenvalue weighted by Gasteiger charge is 2.09. The van der Waals surface area contributed by atoms with Gasteiger partial charge in [-0.2, -0.15) is 0 Å². The minimum Gasteiger partial charge on any atom is -0.506 e. The molecule has 23 heavy (non-hydrogen) atoms. The maximum atomic E-state index is 9.94. The SMILES string of the molecule is COc1ccc(COCC(O)CCc2nc(Cl)ccc2O)cc1. The molecule has 5 nitrogen and oxygen atoms in total. The Kier molecular flexibility index (Phi) is 6.65. The van der Waals surface area contributed by atoms with Crippen LogP contribution in [0.2, 0.25) is 5.15 Å². The Hall–Kier alpha value is -1.82. The summed E-state index contributed by atoms with van der Waals surface area (Å²) in [5.74, 6) is 0.878. The van der Waals surface area contributed by atoms with Crippen LogP contribution < -0.4 is 4.74 Å². The van der Waals surface area contributed by atoms with E-state index < -0.39 is 6.10 Å². The highest BCUT2D eigenvalue weighted by atomic mass is 35.5. The standard InChI is InChI=1S/C17H20ClNO4/c1-22-14-5-2-12(3-6-14)10-23-11-13(20)4-7-15-16(21)8-9-17(18)19-15/h2-3,5-6,8-9,13,20-21H,4,7,10-11H2,1H3. The molecule has 0 fully saturated rings. The van der Waals surface area contributed by atoms with Gasteiger partial charge in [-0.1, -0.05) is 23.7 Å². The maximum Gasteiger partial charge on any atom is 0.137 e. The van der Waals surface area contributed by atoms with Crippen molar-refractivity contribution in [2.45, 2.75) is 25.6 Å². The molecule has 0 radical (unpaired) electrons. The average Bonchev–Trinajstić information content (AvgIpc) is 2.56. The second-order valence-corrected chi connectivity index (χ2v) is 5.54. The molecule has 0 spiro atoms. The van der Waals surface area contributed by atoms with Crippen LogP contribution in [0, 0.1) is 0 Å². The number of halogens is 1. The molecule has 1 heterocycles. The molecule has 0 aliphatic rings. The molecule has 1 unspecified atom stereocenters. The Labute approximate surface area is 140 Å². The molecule has 0 aliphatic carbocycles. The van der Waals surface area contributed by atoms with Gasteiger partial charge in [0.15, 0.2) is 0 Å². The summed E-state index contributed by atoms with van der Waals surface area (Å²) in [7, 11) is 1.62. The number of methoxy groups -OCH3 is 1. The van der Waals surface area contributed by atoms with E-state index in [2.05, 4.69) is 4.98 Å². The molecular formula is C17H20ClNO4. The van der Waals surface area contributed by atoms with Crippen LogP contribution in [0.3, 0.4) is 0 Å². The van der Waals surface area contributed by atoms with Crippen LogP contribution in [-0.2, 0) is 17.8 Å². The lowest BCUT2D eigenvalue weighted by atomic mass is 10.1. The predicted molar refractivity (Wildman–Crippen MR) is 87.9 cm³/mol. The van der Waals surface area contributed by atoms with E-state index in [4.69, 9.17) is 21.1 Å². The Morgan fingerprint density at radius 1 is 1.17 bits per heavy atom. The van der Waals surface area contributed by atoms with Gasteiger partial charge in [0.1, 0.15) is 16.7 Å². The molecule has 1 atom stereocenters. The molecule has 2 aromatic rings. The Morgan fingerprint density at radius 2 is 1.91 bits per heavy atom. The van der Waals surface area contributed by atoms with E-state index in [1.54, 1.807) is 7.11 Å². The third-order valence-corrected chi connectivity index (χ3v) is 3.58. The molecule has 0 amide bonds. The number of aliphatic hydroxyl groups excluding tert-OH is 1. The smallest absolute Gasteiger partial charge is 0.137 e. The van der Waals surface area contributed by atoms with Crippen molar-refractivity contribution in [3.63, 3.8) is 0 Å². The summed E-state index contributed by atoms with van der Waals surface area (Å²) < 4.78 is 10.6. The van der Waals surface area contributed by atoms with Crippen molar-refractivity contribution in [3.8, 4) is 11.5 Å². The van der Waals surface area contributed by atoms with E-state index in [0.29, 0.717) is 30.3 Å². The zero-order chi connectivity index (χ0) is 16.7. The maximum absolute atomic E-state index is 9.94. The molecule has 2 N–H and O–H groups in total. The lowest BCUT2D eigenvalue weighted by Crippen LogP contribution is -2.16. The molecule has 124 valence electrons. The van der Waals surface area contributed by atoms with Crippen molar-refractivity contribution in [1.82, 2.24) is 4.98 Å². The van der Waals surface area contributed by atoms with Gasteiger partial charge in [0.05, 0.1) is 32.1 Å². The first-order valence-electron chi connectivity index (χ1n) is 7.31. The van der Waals surface area contributed by atoms with Gasteiger partial charge in [0.25, 0.3) is 0 Å².